The zero-order chi connectivity index (χ0) is 13.8. The fourth-order valence-electron chi connectivity index (χ4n) is 2.73. The van der Waals surface area contributed by atoms with E-state index in [4.69, 9.17) is 4.74 Å². The summed E-state index contributed by atoms with van der Waals surface area (Å²) in [5.41, 5.74) is 1.83. The van der Waals surface area contributed by atoms with Crippen LogP contribution in [0.4, 0.5) is 4.39 Å². The lowest BCUT2D eigenvalue weighted by molar-refractivity contribution is 0.0607. The molecule has 2 rings (SSSR count). The molecule has 2 nitrogen and oxygen atoms in total. The van der Waals surface area contributed by atoms with Gasteiger partial charge in [-0.05, 0) is 49.4 Å². The van der Waals surface area contributed by atoms with Gasteiger partial charge < -0.3 is 10.1 Å². The molecule has 0 amide bonds. The van der Waals surface area contributed by atoms with E-state index in [1.54, 1.807) is 6.07 Å². The van der Waals surface area contributed by atoms with Gasteiger partial charge in [-0.15, -0.1) is 0 Å². The molecule has 1 fully saturated rings. The summed E-state index contributed by atoms with van der Waals surface area (Å²) in [5, 5.41) is 3.56. The maximum Gasteiger partial charge on any atom is 0.126 e. The Hall–Kier alpha value is -0.930. The summed E-state index contributed by atoms with van der Waals surface area (Å²) in [4.78, 5) is 0. The standard InChI is InChI=1S/C16H24FNO/c1-4-8-18-15(16-11(2)7-9-19-16)13-5-6-14(17)12(3)10-13/h5-6,10-11,15-16,18H,4,7-9H2,1-3H3. The van der Waals surface area contributed by atoms with Crippen LogP contribution >= 0.6 is 0 Å². The normalized spacial score (nSPS) is 24.6. The van der Waals surface area contributed by atoms with Gasteiger partial charge in [-0.3, -0.25) is 0 Å². The molecule has 3 unspecified atom stereocenters. The van der Waals surface area contributed by atoms with Crippen molar-refractivity contribution in [2.45, 2.75) is 45.8 Å². The minimum atomic E-state index is -0.140. The molecule has 0 spiro atoms. The highest BCUT2D eigenvalue weighted by atomic mass is 19.1. The molecule has 0 saturated carbocycles. The van der Waals surface area contributed by atoms with Crippen molar-refractivity contribution in [2.24, 2.45) is 5.92 Å². The largest absolute Gasteiger partial charge is 0.376 e. The summed E-state index contributed by atoms with van der Waals surface area (Å²) in [6.45, 7) is 7.98. The number of ether oxygens (including phenoxy) is 1. The van der Waals surface area contributed by atoms with Gasteiger partial charge in [-0.1, -0.05) is 26.0 Å². The molecule has 1 saturated heterocycles. The summed E-state index contributed by atoms with van der Waals surface area (Å²) < 4.78 is 19.3. The molecule has 106 valence electrons. The van der Waals surface area contributed by atoms with E-state index >= 15 is 0 Å². The van der Waals surface area contributed by atoms with Gasteiger partial charge in [0, 0.05) is 6.61 Å². The van der Waals surface area contributed by atoms with Crippen LogP contribution in [0.1, 0.15) is 43.9 Å². The van der Waals surface area contributed by atoms with Crippen molar-refractivity contribution >= 4 is 0 Å². The van der Waals surface area contributed by atoms with Crippen molar-refractivity contribution in [3.8, 4) is 0 Å². The van der Waals surface area contributed by atoms with E-state index in [0.717, 1.165) is 31.6 Å². The van der Waals surface area contributed by atoms with Crippen molar-refractivity contribution in [1.29, 1.82) is 0 Å². The average Bonchev–Trinajstić information content (AvgIpc) is 2.80. The molecule has 1 aliphatic rings. The van der Waals surface area contributed by atoms with Crippen molar-refractivity contribution < 1.29 is 9.13 Å². The van der Waals surface area contributed by atoms with Crippen LogP contribution in [-0.2, 0) is 4.74 Å². The Kier molecular flexibility index (Phi) is 4.94. The molecule has 0 aromatic heterocycles. The van der Waals surface area contributed by atoms with Crippen LogP contribution in [0, 0.1) is 18.7 Å². The predicted octanol–water partition coefficient (Wildman–Crippen LogP) is 3.60. The highest BCUT2D eigenvalue weighted by molar-refractivity contribution is 5.27. The third kappa shape index (κ3) is 3.34. The second kappa shape index (κ2) is 6.49. The first-order valence-corrected chi connectivity index (χ1v) is 7.24. The van der Waals surface area contributed by atoms with Crippen molar-refractivity contribution in [2.75, 3.05) is 13.2 Å². The molecule has 1 aromatic rings. The van der Waals surface area contributed by atoms with Crippen LogP contribution in [-0.4, -0.2) is 19.3 Å². The lowest BCUT2D eigenvalue weighted by Crippen LogP contribution is -2.35. The first kappa shape index (κ1) is 14.5. The maximum atomic E-state index is 13.4. The number of hydrogen-bond acceptors (Lipinski definition) is 2. The van der Waals surface area contributed by atoms with Crippen LogP contribution in [0.3, 0.4) is 0 Å². The van der Waals surface area contributed by atoms with Gasteiger partial charge >= 0.3 is 0 Å². The van der Waals surface area contributed by atoms with E-state index in [-0.39, 0.29) is 18.0 Å². The minimum Gasteiger partial charge on any atom is -0.376 e. The van der Waals surface area contributed by atoms with Gasteiger partial charge in [-0.25, -0.2) is 4.39 Å². The molecule has 0 radical (unpaired) electrons. The van der Waals surface area contributed by atoms with Crippen LogP contribution < -0.4 is 5.32 Å². The fourth-order valence-corrected chi connectivity index (χ4v) is 2.73. The first-order chi connectivity index (χ1) is 9.13. The smallest absolute Gasteiger partial charge is 0.126 e. The molecule has 1 N–H and O–H groups in total. The van der Waals surface area contributed by atoms with E-state index in [1.165, 1.54) is 0 Å². The molecular formula is C16H24FNO. The number of hydrogen-bond donors (Lipinski definition) is 1. The molecule has 1 aromatic carbocycles. The van der Waals surface area contributed by atoms with Crippen LogP contribution in [0.2, 0.25) is 0 Å². The van der Waals surface area contributed by atoms with Crippen LogP contribution in [0.15, 0.2) is 18.2 Å². The average molecular weight is 265 g/mol. The Morgan fingerprint density at radius 1 is 1.47 bits per heavy atom. The van der Waals surface area contributed by atoms with Gasteiger partial charge in [-0.2, -0.15) is 0 Å². The highest BCUT2D eigenvalue weighted by Gasteiger charge is 2.32. The van der Waals surface area contributed by atoms with E-state index < -0.39 is 0 Å². The van der Waals surface area contributed by atoms with E-state index in [1.807, 2.05) is 19.1 Å². The number of rotatable bonds is 5. The summed E-state index contributed by atoms with van der Waals surface area (Å²) in [6, 6.07) is 5.54. The van der Waals surface area contributed by atoms with Crippen LogP contribution in [0.5, 0.6) is 0 Å². The summed E-state index contributed by atoms with van der Waals surface area (Å²) in [6.07, 6.45) is 2.38. The van der Waals surface area contributed by atoms with Gasteiger partial charge in [0.25, 0.3) is 0 Å². The lowest BCUT2D eigenvalue weighted by atomic mass is 9.91. The minimum absolute atomic E-state index is 0.140. The van der Waals surface area contributed by atoms with Crippen molar-refractivity contribution in [3.63, 3.8) is 0 Å². The molecular weight excluding hydrogens is 241 g/mol. The number of benzene rings is 1. The van der Waals surface area contributed by atoms with Crippen molar-refractivity contribution in [1.82, 2.24) is 5.32 Å². The Morgan fingerprint density at radius 2 is 2.26 bits per heavy atom. The predicted molar refractivity (Wildman–Crippen MR) is 75.7 cm³/mol. The Balaban J connectivity index is 2.22. The molecule has 19 heavy (non-hydrogen) atoms. The Bertz CT molecular complexity index is 421. The Morgan fingerprint density at radius 3 is 2.84 bits per heavy atom. The molecule has 0 aliphatic carbocycles. The zero-order valence-corrected chi connectivity index (χ0v) is 12.1. The monoisotopic (exact) mass is 265 g/mol. The van der Waals surface area contributed by atoms with Gasteiger partial charge in [0.05, 0.1) is 12.1 Å². The van der Waals surface area contributed by atoms with Gasteiger partial charge in [0.15, 0.2) is 0 Å². The quantitative estimate of drug-likeness (QED) is 0.878. The topological polar surface area (TPSA) is 21.3 Å². The fraction of sp³-hybridized carbons (Fsp3) is 0.625. The first-order valence-electron chi connectivity index (χ1n) is 7.24. The molecule has 1 aliphatic heterocycles. The molecule has 0 bridgehead atoms. The second-order valence-corrected chi connectivity index (χ2v) is 5.54. The summed E-state index contributed by atoms with van der Waals surface area (Å²) >= 11 is 0. The van der Waals surface area contributed by atoms with Gasteiger partial charge in [0.2, 0.25) is 0 Å². The molecule has 3 atom stereocenters. The van der Waals surface area contributed by atoms with E-state index in [9.17, 15) is 4.39 Å². The SMILES string of the molecule is CCCNC(c1ccc(F)c(C)c1)C1OCCC1C. The molecule has 3 heteroatoms. The highest BCUT2D eigenvalue weighted by Crippen LogP contribution is 2.32. The number of halogens is 1. The van der Waals surface area contributed by atoms with Crippen molar-refractivity contribution in [3.05, 3.63) is 35.1 Å². The third-order valence-electron chi connectivity index (χ3n) is 3.93. The van der Waals surface area contributed by atoms with E-state index in [0.29, 0.717) is 11.5 Å². The summed E-state index contributed by atoms with van der Waals surface area (Å²) in [5.74, 6) is 0.401. The second-order valence-electron chi connectivity index (χ2n) is 5.54. The number of nitrogens with one attached hydrogen (secondary N) is 1. The molecule has 1 heterocycles. The van der Waals surface area contributed by atoms with E-state index in [2.05, 4.69) is 19.2 Å². The lowest BCUT2D eigenvalue weighted by Gasteiger charge is -2.28. The third-order valence-corrected chi connectivity index (χ3v) is 3.93. The van der Waals surface area contributed by atoms with Crippen LogP contribution in [0.25, 0.3) is 0 Å². The Labute approximate surface area is 115 Å². The summed E-state index contributed by atoms with van der Waals surface area (Å²) in [7, 11) is 0. The zero-order valence-electron chi connectivity index (χ0n) is 12.1. The van der Waals surface area contributed by atoms with Gasteiger partial charge in [0.1, 0.15) is 5.82 Å². The number of aryl methyl sites for hydroxylation is 1. The maximum absolute atomic E-state index is 13.4.